The third-order valence-corrected chi connectivity index (χ3v) is 11.2. The Morgan fingerprint density at radius 2 is 0.970 bits per heavy atom. The smallest absolute Gasteiger partial charge is 0.306 e. The van der Waals surface area contributed by atoms with Crippen LogP contribution in [0.15, 0.2) is 72.9 Å². The van der Waals surface area contributed by atoms with Gasteiger partial charge in [-0.25, -0.2) is 0 Å². The van der Waals surface area contributed by atoms with Gasteiger partial charge in [0.25, 0.3) is 0 Å². The normalized spacial score (nSPS) is 26.8. The molecule has 2 saturated heterocycles. The highest BCUT2D eigenvalue weighted by Crippen LogP contribution is 2.26. The second-order valence-corrected chi connectivity index (χ2v) is 16.9. The molecule has 2 heterocycles. The Morgan fingerprint density at radius 1 is 0.500 bits per heavy atom. The second kappa shape index (κ2) is 37.9. The third-order valence-electron chi connectivity index (χ3n) is 11.2. The number of aliphatic hydroxyl groups excluding tert-OH is 7. The Balaban J connectivity index is 1.86. The number of allylic oxidation sites excluding steroid dienone is 12. The first-order chi connectivity index (χ1) is 32.0. The Morgan fingerprint density at radius 3 is 1.56 bits per heavy atom. The van der Waals surface area contributed by atoms with Crippen molar-refractivity contribution in [1.82, 2.24) is 0 Å². The van der Waals surface area contributed by atoms with Gasteiger partial charge >= 0.3 is 11.9 Å². The van der Waals surface area contributed by atoms with Crippen LogP contribution in [-0.2, 0) is 38.0 Å². The van der Waals surface area contributed by atoms with Gasteiger partial charge in [0.1, 0.15) is 55.4 Å². The first-order valence-electron chi connectivity index (χ1n) is 24.5. The molecule has 11 unspecified atom stereocenters. The molecule has 2 rings (SSSR count). The molecule has 66 heavy (non-hydrogen) atoms. The van der Waals surface area contributed by atoms with Crippen molar-refractivity contribution in [2.45, 2.75) is 210 Å². The van der Waals surface area contributed by atoms with Crippen molar-refractivity contribution in [2.24, 2.45) is 0 Å². The summed E-state index contributed by atoms with van der Waals surface area (Å²) in [7, 11) is 0. The summed E-state index contributed by atoms with van der Waals surface area (Å²) in [5, 5.41) is 72.0. The molecule has 7 N–H and O–H groups in total. The maximum atomic E-state index is 13.0. The van der Waals surface area contributed by atoms with E-state index >= 15 is 0 Å². The van der Waals surface area contributed by atoms with Gasteiger partial charge in [-0.2, -0.15) is 0 Å². The van der Waals surface area contributed by atoms with Crippen molar-refractivity contribution < 1.29 is 73.8 Å². The number of carbonyl (C=O) groups excluding carboxylic acids is 2. The van der Waals surface area contributed by atoms with E-state index in [1.807, 2.05) is 12.2 Å². The first kappa shape index (κ1) is 59.1. The predicted octanol–water partition coefficient (Wildman–Crippen LogP) is 6.26. The number of rotatable bonds is 36. The van der Waals surface area contributed by atoms with Crippen molar-refractivity contribution in [2.75, 3.05) is 26.4 Å². The summed E-state index contributed by atoms with van der Waals surface area (Å²) in [6.45, 7) is 2.36. The summed E-state index contributed by atoms with van der Waals surface area (Å²) in [6.07, 6.45) is 26.6. The molecule has 0 aromatic carbocycles. The monoisotopic (exact) mass is 937 g/mol. The van der Waals surface area contributed by atoms with E-state index in [9.17, 15) is 45.3 Å². The zero-order valence-corrected chi connectivity index (χ0v) is 39.6. The molecular formula is C51H84O15. The molecule has 0 amide bonds. The number of ether oxygens (including phenoxy) is 6. The highest BCUT2D eigenvalue weighted by molar-refractivity contribution is 5.70. The van der Waals surface area contributed by atoms with Crippen LogP contribution in [0.4, 0.5) is 0 Å². The van der Waals surface area contributed by atoms with Crippen molar-refractivity contribution in [3.63, 3.8) is 0 Å². The van der Waals surface area contributed by atoms with E-state index < -0.39 is 99.3 Å². The molecule has 2 aliphatic heterocycles. The standard InChI is InChI=1S/C51H84O15/c1-3-5-7-9-11-13-15-17-18-19-20-22-23-25-27-29-31-33-42(53)61-36-39(64-43(54)34-32-30-28-26-24-21-16-14-12-10-8-6-4-2)37-62-50-49(60)47(58)45(56)41(66-50)38-63-51-48(59)46(57)44(55)40(35-52)65-51/h5,7,11-14,17-18,20,22,25,27,39-41,44-52,55-60H,3-4,6,8-10,15-16,19,21,23-24,26,28-38H2,1-2H3. The summed E-state index contributed by atoms with van der Waals surface area (Å²) < 4.78 is 33.4. The fourth-order valence-corrected chi connectivity index (χ4v) is 7.13. The van der Waals surface area contributed by atoms with E-state index in [0.29, 0.717) is 19.3 Å². The molecule has 378 valence electrons. The molecule has 0 aliphatic carbocycles. The maximum Gasteiger partial charge on any atom is 0.306 e. The van der Waals surface area contributed by atoms with Crippen molar-refractivity contribution in [3.05, 3.63) is 72.9 Å². The molecular weight excluding hydrogens is 853 g/mol. The molecule has 0 radical (unpaired) electrons. The lowest BCUT2D eigenvalue weighted by Gasteiger charge is -2.42. The fraction of sp³-hybridized carbons (Fsp3) is 0.725. The van der Waals surface area contributed by atoms with E-state index in [1.54, 1.807) is 0 Å². The predicted molar refractivity (Wildman–Crippen MR) is 252 cm³/mol. The van der Waals surface area contributed by atoms with Gasteiger partial charge in [0.05, 0.1) is 19.8 Å². The summed E-state index contributed by atoms with van der Waals surface area (Å²) in [5.74, 6) is -1.01. The largest absolute Gasteiger partial charge is 0.462 e. The molecule has 0 saturated carbocycles. The Kier molecular flexibility index (Phi) is 33.9. The highest BCUT2D eigenvalue weighted by Gasteiger charge is 2.47. The van der Waals surface area contributed by atoms with E-state index in [4.69, 9.17) is 28.4 Å². The van der Waals surface area contributed by atoms with Crippen LogP contribution >= 0.6 is 0 Å². The molecule has 0 aromatic rings. The van der Waals surface area contributed by atoms with Crippen LogP contribution in [0.5, 0.6) is 0 Å². The van der Waals surface area contributed by atoms with Crippen molar-refractivity contribution in [1.29, 1.82) is 0 Å². The highest BCUT2D eigenvalue weighted by atomic mass is 16.7. The molecule has 11 atom stereocenters. The van der Waals surface area contributed by atoms with Gasteiger partial charge in [-0.1, -0.05) is 125 Å². The summed E-state index contributed by atoms with van der Waals surface area (Å²) in [5.41, 5.74) is 0. The van der Waals surface area contributed by atoms with Crippen LogP contribution in [0, 0.1) is 0 Å². The molecule has 15 nitrogen and oxygen atoms in total. The number of aliphatic hydroxyl groups is 7. The van der Waals surface area contributed by atoms with Gasteiger partial charge in [-0.15, -0.1) is 0 Å². The Bertz CT molecular complexity index is 1430. The fourth-order valence-electron chi connectivity index (χ4n) is 7.13. The quantitative estimate of drug-likeness (QED) is 0.0209. The van der Waals surface area contributed by atoms with Gasteiger partial charge < -0.3 is 64.2 Å². The minimum Gasteiger partial charge on any atom is -0.462 e. The number of esters is 2. The van der Waals surface area contributed by atoms with E-state index in [-0.39, 0.29) is 19.4 Å². The Labute approximate surface area is 393 Å². The first-order valence-corrected chi connectivity index (χ1v) is 24.5. The SMILES string of the molecule is CCC=CCC=CCC=CCC=CCC=CCCCC(=O)OCC(COC1OC(COC2OC(CO)C(O)C(O)C2O)C(O)C(O)C1O)OC(=O)CCCCCCCCC=CCCCCC. The minimum atomic E-state index is -1.78. The van der Waals surface area contributed by atoms with Gasteiger partial charge in [0.2, 0.25) is 0 Å². The zero-order chi connectivity index (χ0) is 48.2. The van der Waals surface area contributed by atoms with Gasteiger partial charge in [0, 0.05) is 12.8 Å². The summed E-state index contributed by atoms with van der Waals surface area (Å²) in [4.78, 5) is 25.7. The average Bonchev–Trinajstić information content (AvgIpc) is 3.31. The van der Waals surface area contributed by atoms with Gasteiger partial charge in [-0.3, -0.25) is 9.59 Å². The summed E-state index contributed by atoms with van der Waals surface area (Å²) >= 11 is 0. The van der Waals surface area contributed by atoms with Crippen molar-refractivity contribution in [3.8, 4) is 0 Å². The number of hydrogen-bond acceptors (Lipinski definition) is 15. The van der Waals surface area contributed by atoms with Crippen LogP contribution in [0.1, 0.15) is 142 Å². The van der Waals surface area contributed by atoms with E-state index in [1.165, 1.54) is 19.3 Å². The van der Waals surface area contributed by atoms with E-state index in [0.717, 1.165) is 77.0 Å². The second-order valence-electron chi connectivity index (χ2n) is 16.9. The van der Waals surface area contributed by atoms with Crippen LogP contribution in [0.3, 0.4) is 0 Å². The molecule has 2 aliphatic rings. The van der Waals surface area contributed by atoms with Crippen LogP contribution in [0.25, 0.3) is 0 Å². The molecule has 0 bridgehead atoms. The molecule has 2 fully saturated rings. The number of carbonyl (C=O) groups is 2. The van der Waals surface area contributed by atoms with Crippen LogP contribution in [0.2, 0.25) is 0 Å². The van der Waals surface area contributed by atoms with E-state index in [2.05, 4.69) is 74.6 Å². The van der Waals surface area contributed by atoms with Crippen molar-refractivity contribution >= 4 is 11.9 Å². The molecule has 15 heteroatoms. The zero-order valence-electron chi connectivity index (χ0n) is 39.6. The third kappa shape index (κ3) is 25.9. The lowest BCUT2D eigenvalue weighted by molar-refractivity contribution is -0.332. The van der Waals surface area contributed by atoms with Gasteiger partial charge in [0.15, 0.2) is 18.7 Å². The lowest BCUT2D eigenvalue weighted by atomic mass is 9.98. The molecule has 0 spiro atoms. The number of hydrogen-bond donors (Lipinski definition) is 7. The lowest BCUT2D eigenvalue weighted by Crippen LogP contribution is -2.61. The minimum absolute atomic E-state index is 0.135. The average molecular weight is 937 g/mol. The van der Waals surface area contributed by atoms with Gasteiger partial charge in [-0.05, 0) is 77.0 Å². The molecule has 0 aromatic heterocycles. The number of unbranched alkanes of at least 4 members (excludes halogenated alkanes) is 10. The van der Waals surface area contributed by atoms with Crippen LogP contribution < -0.4 is 0 Å². The Hall–Kier alpha value is -3.06. The van der Waals surface area contributed by atoms with Crippen LogP contribution in [-0.4, -0.2) is 142 Å². The maximum absolute atomic E-state index is 13.0. The topological polar surface area (TPSA) is 231 Å². The summed E-state index contributed by atoms with van der Waals surface area (Å²) in [6, 6.07) is 0.